The third-order valence-electron chi connectivity index (χ3n) is 5.35. The Hall–Kier alpha value is -2.66. The number of likely N-dealkylation sites (N-methyl/N-ethyl adjacent to an activating group) is 1. The highest BCUT2D eigenvalue weighted by atomic mass is 15.2. The summed E-state index contributed by atoms with van der Waals surface area (Å²) in [5.74, 6) is 0.730. The van der Waals surface area contributed by atoms with E-state index in [0.29, 0.717) is 0 Å². The first kappa shape index (κ1) is 17.7. The van der Waals surface area contributed by atoms with Gasteiger partial charge in [0, 0.05) is 68.8 Å². The molecule has 1 aliphatic rings. The van der Waals surface area contributed by atoms with Crippen molar-refractivity contribution in [3.8, 4) is 0 Å². The minimum atomic E-state index is 0.730. The summed E-state index contributed by atoms with van der Waals surface area (Å²) in [5.41, 5.74) is 7.70. The van der Waals surface area contributed by atoms with Gasteiger partial charge < -0.3 is 14.4 Å². The standard InChI is InChI=1S/C22H27N5/c1-15-6-7-20-18(10-15)19-14-26(5)9-8-21(19)27(20)13-16(2)17-11-23-22(24-12-17)25(3)4/h6-7,10-13H,8-9,14H2,1-5H3/b16-13-. The van der Waals surface area contributed by atoms with Gasteiger partial charge in [0.25, 0.3) is 0 Å². The number of hydrogen-bond donors (Lipinski definition) is 0. The second-order valence-electron chi connectivity index (χ2n) is 7.78. The van der Waals surface area contributed by atoms with Crippen LogP contribution in [0.25, 0.3) is 22.7 Å². The van der Waals surface area contributed by atoms with Crippen molar-refractivity contribution in [2.45, 2.75) is 26.8 Å². The average molecular weight is 361 g/mol. The number of benzene rings is 1. The molecule has 1 aromatic carbocycles. The summed E-state index contributed by atoms with van der Waals surface area (Å²) in [7, 11) is 6.11. The molecule has 3 aromatic rings. The molecule has 5 nitrogen and oxygen atoms in total. The predicted octanol–water partition coefficient (Wildman–Crippen LogP) is 3.81. The summed E-state index contributed by atoms with van der Waals surface area (Å²) in [6, 6.07) is 6.77. The van der Waals surface area contributed by atoms with Gasteiger partial charge >= 0.3 is 0 Å². The van der Waals surface area contributed by atoms with Crippen LogP contribution in [0.2, 0.25) is 0 Å². The first-order valence-electron chi connectivity index (χ1n) is 9.43. The molecular weight excluding hydrogens is 334 g/mol. The molecule has 5 heteroatoms. The molecule has 4 rings (SSSR count). The number of anilines is 1. The molecule has 0 N–H and O–H groups in total. The van der Waals surface area contributed by atoms with Crippen LogP contribution in [0.15, 0.2) is 30.6 Å². The van der Waals surface area contributed by atoms with E-state index in [1.54, 1.807) is 0 Å². The molecule has 0 fully saturated rings. The molecule has 0 amide bonds. The Morgan fingerprint density at radius 3 is 2.63 bits per heavy atom. The normalized spacial score (nSPS) is 15.2. The first-order chi connectivity index (χ1) is 12.9. The minimum absolute atomic E-state index is 0.730. The highest BCUT2D eigenvalue weighted by Gasteiger charge is 2.21. The lowest BCUT2D eigenvalue weighted by molar-refractivity contribution is 0.312. The smallest absolute Gasteiger partial charge is 0.224 e. The SMILES string of the molecule is C/C(=C/n1c2c(c3cc(C)ccc31)CN(C)CC2)c1cnc(N(C)C)nc1. The fraction of sp³-hybridized carbons (Fsp3) is 0.364. The Morgan fingerprint density at radius 2 is 1.93 bits per heavy atom. The van der Waals surface area contributed by atoms with Crippen LogP contribution in [0.5, 0.6) is 0 Å². The fourth-order valence-corrected chi connectivity index (χ4v) is 3.81. The quantitative estimate of drug-likeness (QED) is 0.711. The largest absolute Gasteiger partial charge is 0.347 e. The Balaban J connectivity index is 1.82. The number of rotatable bonds is 3. The van der Waals surface area contributed by atoms with Crippen LogP contribution in [0.1, 0.15) is 29.3 Å². The third-order valence-corrected chi connectivity index (χ3v) is 5.35. The van der Waals surface area contributed by atoms with Crippen molar-refractivity contribution in [3.63, 3.8) is 0 Å². The summed E-state index contributed by atoms with van der Waals surface area (Å²) < 4.78 is 2.38. The van der Waals surface area contributed by atoms with Gasteiger partial charge in [0.1, 0.15) is 0 Å². The molecule has 0 bridgehead atoms. The second-order valence-corrected chi connectivity index (χ2v) is 7.78. The van der Waals surface area contributed by atoms with Crippen molar-refractivity contribution in [1.82, 2.24) is 19.4 Å². The molecule has 0 aliphatic carbocycles. The lowest BCUT2D eigenvalue weighted by Gasteiger charge is -2.23. The second kappa shape index (κ2) is 6.82. The van der Waals surface area contributed by atoms with Gasteiger partial charge in [-0.2, -0.15) is 0 Å². The number of hydrogen-bond acceptors (Lipinski definition) is 4. The first-order valence-corrected chi connectivity index (χ1v) is 9.43. The van der Waals surface area contributed by atoms with Gasteiger partial charge in [0.05, 0.1) is 5.52 Å². The Bertz CT molecular complexity index is 1010. The number of nitrogens with zero attached hydrogens (tertiary/aromatic N) is 5. The van der Waals surface area contributed by atoms with Crippen molar-refractivity contribution >= 4 is 28.6 Å². The molecule has 0 radical (unpaired) electrons. The maximum Gasteiger partial charge on any atom is 0.224 e. The molecule has 0 saturated carbocycles. The van der Waals surface area contributed by atoms with Crippen LogP contribution < -0.4 is 4.90 Å². The molecule has 2 aromatic heterocycles. The monoisotopic (exact) mass is 361 g/mol. The number of allylic oxidation sites excluding steroid dienone is 1. The van der Waals surface area contributed by atoms with Crippen molar-refractivity contribution < 1.29 is 0 Å². The topological polar surface area (TPSA) is 37.2 Å². The zero-order valence-corrected chi connectivity index (χ0v) is 16.8. The van der Waals surface area contributed by atoms with E-state index < -0.39 is 0 Å². The van der Waals surface area contributed by atoms with Crippen LogP contribution in [0.4, 0.5) is 5.95 Å². The van der Waals surface area contributed by atoms with E-state index in [4.69, 9.17) is 0 Å². The molecule has 1 aliphatic heterocycles. The zero-order valence-electron chi connectivity index (χ0n) is 16.8. The van der Waals surface area contributed by atoms with Crippen LogP contribution in [0, 0.1) is 6.92 Å². The number of aromatic nitrogens is 3. The number of aryl methyl sites for hydroxylation is 1. The summed E-state index contributed by atoms with van der Waals surface area (Å²) in [4.78, 5) is 13.2. The number of fused-ring (bicyclic) bond motifs is 3. The molecule has 0 saturated heterocycles. The van der Waals surface area contributed by atoms with Gasteiger partial charge in [0.2, 0.25) is 5.95 Å². The molecule has 0 unspecified atom stereocenters. The van der Waals surface area contributed by atoms with Crippen molar-refractivity contribution in [2.24, 2.45) is 0 Å². The lowest BCUT2D eigenvalue weighted by atomic mass is 10.0. The van der Waals surface area contributed by atoms with Gasteiger partial charge in [-0.15, -0.1) is 0 Å². The third kappa shape index (κ3) is 3.23. The Kier molecular flexibility index (Phi) is 4.48. The average Bonchev–Trinajstić information content (AvgIpc) is 2.94. The van der Waals surface area contributed by atoms with Crippen LogP contribution >= 0.6 is 0 Å². The van der Waals surface area contributed by atoms with E-state index in [-0.39, 0.29) is 0 Å². The molecule has 140 valence electrons. The Morgan fingerprint density at radius 1 is 1.19 bits per heavy atom. The highest BCUT2D eigenvalue weighted by molar-refractivity contribution is 5.90. The zero-order chi connectivity index (χ0) is 19.1. The molecular formula is C22H27N5. The maximum atomic E-state index is 4.46. The van der Waals surface area contributed by atoms with Gasteiger partial charge in [-0.25, -0.2) is 9.97 Å². The molecule has 0 atom stereocenters. The van der Waals surface area contributed by atoms with Gasteiger partial charge in [-0.1, -0.05) is 11.6 Å². The van der Waals surface area contributed by atoms with Gasteiger partial charge in [-0.05, 0) is 44.2 Å². The highest BCUT2D eigenvalue weighted by Crippen LogP contribution is 2.32. The minimum Gasteiger partial charge on any atom is -0.347 e. The van der Waals surface area contributed by atoms with Crippen LogP contribution in [-0.4, -0.2) is 47.1 Å². The summed E-state index contributed by atoms with van der Waals surface area (Å²) in [6.45, 7) is 6.40. The van der Waals surface area contributed by atoms with Crippen molar-refractivity contribution in [1.29, 1.82) is 0 Å². The van der Waals surface area contributed by atoms with E-state index in [1.165, 1.54) is 33.3 Å². The maximum absolute atomic E-state index is 4.46. The van der Waals surface area contributed by atoms with Crippen molar-refractivity contribution in [3.05, 3.63) is 53.0 Å². The van der Waals surface area contributed by atoms with Crippen LogP contribution in [-0.2, 0) is 13.0 Å². The lowest BCUT2D eigenvalue weighted by Crippen LogP contribution is -2.26. The summed E-state index contributed by atoms with van der Waals surface area (Å²) >= 11 is 0. The van der Waals surface area contributed by atoms with E-state index in [2.05, 4.69) is 64.7 Å². The van der Waals surface area contributed by atoms with Crippen LogP contribution in [0.3, 0.4) is 0 Å². The summed E-state index contributed by atoms with van der Waals surface area (Å²) in [6.07, 6.45) is 7.13. The van der Waals surface area contributed by atoms with E-state index in [1.807, 2.05) is 31.4 Å². The van der Waals surface area contributed by atoms with E-state index in [0.717, 1.165) is 31.0 Å². The molecule has 27 heavy (non-hydrogen) atoms. The fourth-order valence-electron chi connectivity index (χ4n) is 3.81. The van der Waals surface area contributed by atoms with Gasteiger partial charge in [0.15, 0.2) is 0 Å². The molecule has 3 heterocycles. The predicted molar refractivity (Wildman–Crippen MR) is 113 cm³/mol. The Labute approximate surface area is 161 Å². The van der Waals surface area contributed by atoms with Crippen molar-refractivity contribution in [2.75, 3.05) is 32.6 Å². The van der Waals surface area contributed by atoms with E-state index >= 15 is 0 Å². The molecule has 0 spiro atoms. The van der Waals surface area contributed by atoms with Gasteiger partial charge in [-0.3, -0.25) is 0 Å². The van der Waals surface area contributed by atoms with E-state index in [9.17, 15) is 0 Å². The summed E-state index contributed by atoms with van der Waals surface area (Å²) in [5, 5.41) is 1.37.